The summed E-state index contributed by atoms with van der Waals surface area (Å²) in [6.07, 6.45) is 0.547. The van der Waals surface area contributed by atoms with Gasteiger partial charge >= 0.3 is 5.97 Å². The number of carbonyl (C=O) groups excluding carboxylic acids is 1. The minimum atomic E-state index is -0.869. The number of rotatable bonds is 7. The van der Waals surface area contributed by atoms with Gasteiger partial charge in [-0.1, -0.05) is 35.3 Å². The van der Waals surface area contributed by atoms with Gasteiger partial charge in [0.1, 0.15) is 11.3 Å². The molecule has 0 aliphatic heterocycles. The Labute approximate surface area is 227 Å². The van der Waals surface area contributed by atoms with Crippen LogP contribution < -0.4 is 10.3 Å². The van der Waals surface area contributed by atoms with E-state index in [4.69, 9.17) is 37.1 Å². The van der Waals surface area contributed by atoms with Crippen LogP contribution in [0.3, 0.4) is 0 Å². The zero-order valence-electron chi connectivity index (χ0n) is 20.4. The molecule has 0 aliphatic rings. The Bertz CT molecular complexity index is 1760. The summed E-state index contributed by atoms with van der Waals surface area (Å²) >= 11 is 12.4. The Balaban J connectivity index is 1.63. The topological polar surface area (TPSA) is 95.9 Å². The third-order valence-corrected chi connectivity index (χ3v) is 6.13. The zero-order chi connectivity index (χ0) is 26.8. The third-order valence-electron chi connectivity index (χ3n) is 5.66. The Morgan fingerprint density at radius 2 is 1.87 bits per heavy atom. The average Bonchev–Trinajstić information content (AvgIpc) is 3.32. The van der Waals surface area contributed by atoms with Crippen molar-refractivity contribution in [1.29, 1.82) is 0 Å². The van der Waals surface area contributed by atoms with Crippen LogP contribution in [0.1, 0.15) is 19.4 Å². The highest BCUT2D eigenvalue weighted by Gasteiger charge is 2.19. The monoisotopic (exact) mass is 549 g/mol. The van der Waals surface area contributed by atoms with Crippen LogP contribution in [0.2, 0.25) is 10.0 Å². The molecule has 8 nitrogen and oxygen atoms in total. The fraction of sp³-hybridized carbons (Fsp3) is 0.143. The first-order valence-corrected chi connectivity index (χ1v) is 12.5. The van der Waals surface area contributed by atoms with E-state index < -0.39 is 17.6 Å². The molecule has 5 rings (SSSR count). The van der Waals surface area contributed by atoms with E-state index in [1.54, 1.807) is 80.6 Å². The SMILES string of the molecule is CCOC(=O)[C@H](C)Oc1ccc(Cl)cc1C=Nn1c(-c2cc3cc(Cl)ccc3o2)nc2ccccc2c1=O. The molecule has 0 unspecified atom stereocenters. The molecule has 0 radical (unpaired) electrons. The normalized spacial score (nSPS) is 12.3. The molecule has 0 fully saturated rings. The number of benzene rings is 3. The van der Waals surface area contributed by atoms with Crippen molar-refractivity contribution in [1.82, 2.24) is 9.66 Å². The summed E-state index contributed by atoms with van der Waals surface area (Å²) < 4.78 is 18.0. The Morgan fingerprint density at radius 1 is 1.11 bits per heavy atom. The second-order valence-corrected chi connectivity index (χ2v) is 9.17. The second kappa shape index (κ2) is 10.7. The van der Waals surface area contributed by atoms with Crippen molar-refractivity contribution in [3.8, 4) is 17.3 Å². The summed E-state index contributed by atoms with van der Waals surface area (Å²) in [6.45, 7) is 3.53. The van der Waals surface area contributed by atoms with Crippen molar-refractivity contribution in [2.45, 2.75) is 20.0 Å². The summed E-state index contributed by atoms with van der Waals surface area (Å²) in [5.41, 5.74) is 1.12. The quantitative estimate of drug-likeness (QED) is 0.174. The number of furan rings is 1. The summed E-state index contributed by atoms with van der Waals surface area (Å²) in [5.74, 6) is 0.357. The Morgan fingerprint density at radius 3 is 2.68 bits per heavy atom. The lowest BCUT2D eigenvalue weighted by atomic mass is 10.2. The Hall–Kier alpha value is -4.14. The second-order valence-electron chi connectivity index (χ2n) is 8.30. The van der Waals surface area contributed by atoms with Crippen molar-refractivity contribution in [3.63, 3.8) is 0 Å². The molecule has 38 heavy (non-hydrogen) atoms. The third kappa shape index (κ3) is 5.14. The molecular weight excluding hydrogens is 529 g/mol. The van der Waals surface area contributed by atoms with Gasteiger partial charge in [-0.05, 0) is 68.4 Å². The predicted molar refractivity (Wildman–Crippen MR) is 147 cm³/mol. The highest BCUT2D eigenvalue weighted by molar-refractivity contribution is 6.31. The standard InChI is InChI=1S/C28H21Cl2N3O5/c1-3-36-28(35)16(2)37-24-11-9-20(30)13-18(24)15-31-33-26(32-22-7-5-4-6-21(22)27(33)34)25-14-17-12-19(29)8-10-23(17)38-25/h4-16H,3H2,1-2H3/t16-/m0/s1. The largest absolute Gasteiger partial charge is 0.478 e. The fourth-order valence-corrected chi connectivity index (χ4v) is 4.22. The van der Waals surface area contributed by atoms with Crippen molar-refractivity contribution >= 4 is 57.3 Å². The lowest BCUT2D eigenvalue weighted by molar-refractivity contribution is -0.150. The van der Waals surface area contributed by atoms with Gasteiger partial charge in [0.2, 0.25) is 5.82 Å². The van der Waals surface area contributed by atoms with Crippen molar-refractivity contribution in [3.05, 3.63) is 92.7 Å². The van der Waals surface area contributed by atoms with Gasteiger partial charge in [0, 0.05) is 21.0 Å². The molecule has 0 saturated carbocycles. The molecule has 0 spiro atoms. The van der Waals surface area contributed by atoms with Crippen LogP contribution >= 0.6 is 23.2 Å². The molecular formula is C28H21Cl2N3O5. The van der Waals surface area contributed by atoms with Crippen molar-refractivity contribution in [2.24, 2.45) is 5.10 Å². The number of carbonyl (C=O) groups is 1. The smallest absolute Gasteiger partial charge is 0.347 e. The number of ether oxygens (including phenoxy) is 2. The fourth-order valence-electron chi connectivity index (χ4n) is 3.86. The number of aromatic nitrogens is 2. The van der Waals surface area contributed by atoms with Gasteiger partial charge in [-0.2, -0.15) is 9.78 Å². The lowest BCUT2D eigenvalue weighted by Crippen LogP contribution is -2.26. The highest BCUT2D eigenvalue weighted by atomic mass is 35.5. The van der Waals surface area contributed by atoms with E-state index in [1.807, 2.05) is 0 Å². The van der Waals surface area contributed by atoms with E-state index in [0.717, 1.165) is 10.1 Å². The van der Waals surface area contributed by atoms with Crippen LogP contribution in [0.4, 0.5) is 0 Å². The van der Waals surface area contributed by atoms with E-state index >= 15 is 0 Å². The van der Waals surface area contributed by atoms with E-state index in [-0.39, 0.29) is 12.4 Å². The molecule has 0 aliphatic carbocycles. The molecule has 0 bridgehead atoms. The number of esters is 1. The number of hydrogen-bond acceptors (Lipinski definition) is 7. The molecule has 0 N–H and O–H groups in total. The van der Waals surface area contributed by atoms with Crippen LogP contribution in [0.5, 0.6) is 5.75 Å². The minimum Gasteiger partial charge on any atom is -0.478 e. The molecule has 10 heteroatoms. The molecule has 1 atom stereocenters. The van der Waals surface area contributed by atoms with Crippen molar-refractivity contribution in [2.75, 3.05) is 6.61 Å². The van der Waals surface area contributed by atoms with Gasteiger partial charge in [0.25, 0.3) is 5.56 Å². The Kier molecular flexibility index (Phi) is 7.18. The lowest BCUT2D eigenvalue weighted by Gasteiger charge is -2.15. The molecule has 2 heterocycles. The van der Waals surface area contributed by atoms with E-state index in [2.05, 4.69) is 10.1 Å². The maximum Gasteiger partial charge on any atom is 0.347 e. The molecule has 192 valence electrons. The molecule has 0 amide bonds. The molecule has 5 aromatic rings. The van der Waals surface area contributed by atoms with Crippen LogP contribution in [-0.2, 0) is 9.53 Å². The van der Waals surface area contributed by atoms with E-state index in [1.165, 1.54) is 6.21 Å². The number of nitrogens with zero attached hydrogens (tertiary/aromatic N) is 3. The van der Waals surface area contributed by atoms with Gasteiger partial charge in [-0.15, -0.1) is 0 Å². The zero-order valence-corrected chi connectivity index (χ0v) is 21.9. The summed E-state index contributed by atoms with van der Waals surface area (Å²) in [4.78, 5) is 30.3. The van der Waals surface area contributed by atoms with E-state index in [9.17, 15) is 9.59 Å². The van der Waals surface area contributed by atoms with Gasteiger partial charge in [0.05, 0.1) is 23.7 Å². The molecule has 3 aromatic carbocycles. The van der Waals surface area contributed by atoms with Crippen LogP contribution in [0.25, 0.3) is 33.5 Å². The minimum absolute atomic E-state index is 0.196. The molecule has 2 aromatic heterocycles. The summed E-state index contributed by atoms with van der Waals surface area (Å²) in [5, 5.41) is 6.56. The number of para-hydroxylation sites is 1. The first-order valence-electron chi connectivity index (χ1n) is 11.7. The number of fused-ring (bicyclic) bond motifs is 2. The maximum absolute atomic E-state index is 13.5. The highest BCUT2D eigenvalue weighted by Crippen LogP contribution is 2.29. The molecule has 0 saturated heterocycles. The summed E-state index contributed by atoms with van der Waals surface area (Å²) in [6, 6.07) is 18.8. The van der Waals surface area contributed by atoms with Crippen LogP contribution in [0.15, 0.2) is 81.0 Å². The number of hydrogen-bond donors (Lipinski definition) is 0. The van der Waals surface area contributed by atoms with Gasteiger partial charge in [0.15, 0.2) is 11.9 Å². The predicted octanol–water partition coefficient (Wildman–Crippen LogP) is 6.33. The first-order chi connectivity index (χ1) is 18.3. The van der Waals surface area contributed by atoms with E-state index in [0.29, 0.717) is 43.6 Å². The maximum atomic E-state index is 13.5. The van der Waals surface area contributed by atoms with Gasteiger partial charge in [-0.3, -0.25) is 4.79 Å². The average molecular weight is 550 g/mol. The van der Waals surface area contributed by atoms with Gasteiger partial charge < -0.3 is 13.9 Å². The first kappa shape index (κ1) is 25.5. The van der Waals surface area contributed by atoms with Gasteiger partial charge in [-0.25, -0.2) is 9.78 Å². The van der Waals surface area contributed by atoms with Crippen molar-refractivity contribution < 1.29 is 18.7 Å². The van der Waals surface area contributed by atoms with Crippen LogP contribution in [-0.4, -0.2) is 34.6 Å². The number of halogens is 2. The summed E-state index contributed by atoms with van der Waals surface area (Å²) in [7, 11) is 0. The van der Waals surface area contributed by atoms with Crippen LogP contribution in [0, 0.1) is 0 Å².